The van der Waals surface area contributed by atoms with Crippen molar-refractivity contribution in [1.29, 1.82) is 0 Å². The van der Waals surface area contributed by atoms with Gasteiger partial charge in [0.05, 0.1) is 39.3 Å². The number of aliphatic hydroxyl groups is 1. The van der Waals surface area contributed by atoms with Gasteiger partial charge < -0.3 is 30.6 Å². The van der Waals surface area contributed by atoms with Crippen LogP contribution in [0.2, 0.25) is 0 Å². The van der Waals surface area contributed by atoms with Crippen molar-refractivity contribution in [2.75, 3.05) is 85.1 Å². The number of hydrogen-bond donors (Lipinski definition) is 6. The summed E-state index contributed by atoms with van der Waals surface area (Å²) in [6.45, 7) is -1.92. The van der Waals surface area contributed by atoms with E-state index in [2.05, 4.69) is 0 Å². The van der Waals surface area contributed by atoms with Crippen molar-refractivity contribution in [3.8, 4) is 0 Å². The predicted octanol–water partition coefficient (Wildman–Crippen LogP) is -3.39. The van der Waals surface area contributed by atoms with Crippen molar-refractivity contribution in [3.05, 3.63) is 0 Å². The van der Waals surface area contributed by atoms with Crippen molar-refractivity contribution in [3.63, 3.8) is 0 Å². The first-order valence-electron chi connectivity index (χ1n) is 10.0. The maximum atomic E-state index is 11.2. The summed E-state index contributed by atoms with van der Waals surface area (Å²) in [4.78, 5) is 60.6. The highest BCUT2D eigenvalue weighted by Gasteiger charge is 2.19. The number of carboxylic acids is 5. The minimum Gasteiger partial charge on any atom is -0.480 e. The Bertz CT molecular complexity index is 645. The van der Waals surface area contributed by atoms with E-state index < -0.39 is 49.5 Å². The molecule has 6 N–H and O–H groups in total. The van der Waals surface area contributed by atoms with E-state index in [1.807, 2.05) is 0 Å². The highest BCUT2D eigenvalue weighted by Crippen LogP contribution is 1.98. The Morgan fingerprint density at radius 3 is 0.848 bits per heavy atom. The number of rotatable bonds is 21. The summed E-state index contributed by atoms with van der Waals surface area (Å²) in [7, 11) is 0. The molecule has 0 fully saturated rings. The largest absolute Gasteiger partial charge is 0.480 e. The predicted molar refractivity (Wildman–Crippen MR) is 111 cm³/mol. The van der Waals surface area contributed by atoms with Gasteiger partial charge in [0.25, 0.3) is 0 Å². The molecule has 0 bridgehead atoms. The molecule has 0 saturated heterocycles. The van der Waals surface area contributed by atoms with Crippen LogP contribution in [0.3, 0.4) is 0 Å². The Hall–Kier alpha value is -2.85. The van der Waals surface area contributed by atoms with E-state index in [0.717, 1.165) is 4.90 Å². The van der Waals surface area contributed by atoms with Gasteiger partial charge in [0.2, 0.25) is 0 Å². The van der Waals surface area contributed by atoms with Crippen LogP contribution in [0, 0.1) is 0 Å². The molecule has 0 aliphatic carbocycles. The molecule has 190 valence electrons. The van der Waals surface area contributed by atoms with E-state index in [-0.39, 0.29) is 65.5 Å². The summed E-state index contributed by atoms with van der Waals surface area (Å²) in [5.41, 5.74) is 0. The fourth-order valence-electron chi connectivity index (χ4n) is 2.97. The molecular weight excluding hydrogens is 448 g/mol. The second-order valence-electron chi connectivity index (χ2n) is 7.23. The fraction of sp³-hybridized carbons (Fsp3) is 0.722. The molecule has 0 saturated carbocycles. The average molecular weight is 480 g/mol. The van der Waals surface area contributed by atoms with E-state index >= 15 is 0 Å². The molecule has 0 aromatic heterocycles. The van der Waals surface area contributed by atoms with E-state index in [1.54, 1.807) is 0 Å². The zero-order valence-electron chi connectivity index (χ0n) is 18.2. The number of nitrogens with zero attached hydrogens (tertiary/aromatic N) is 4. The quantitative estimate of drug-likeness (QED) is 0.0943. The van der Waals surface area contributed by atoms with Crippen LogP contribution in [0.5, 0.6) is 0 Å². The molecule has 0 aliphatic rings. The minimum absolute atomic E-state index is 0.0312. The van der Waals surface area contributed by atoms with Crippen LogP contribution in [-0.2, 0) is 24.0 Å². The molecule has 15 nitrogen and oxygen atoms in total. The Balaban J connectivity index is 5.05. The lowest BCUT2D eigenvalue weighted by Crippen LogP contribution is -2.46. The standard InChI is InChI=1S/C18H32N4O11/c23-8-7-21(11-16(28)29)4-3-19(9-14(24)25)1-2-20(10-15(26)27)5-6-22(12-17(30)31)13-18(32)33/h23H,1-13H2,(H,24,25)(H,26,27)(H,28,29)(H,30,31)(H,32,33). The van der Waals surface area contributed by atoms with Gasteiger partial charge in [0.15, 0.2) is 0 Å². The van der Waals surface area contributed by atoms with Gasteiger partial charge in [-0.2, -0.15) is 0 Å². The molecule has 0 spiro atoms. The number of aliphatic carboxylic acids is 5. The van der Waals surface area contributed by atoms with Gasteiger partial charge in [0.1, 0.15) is 0 Å². The van der Waals surface area contributed by atoms with Crippen molar-refractivity contribution < 1.29 is 54.6 Å². The van der Waals surface area contributed by atoms with E-state index in [1.165, 1.54) is 14.7 Å². The fourth-order valence-corrected chi connectivity index (χ4v) is 2.97. The molecule has 0 heterocycles. The summed E-state index contributed by atoms with van der Waals surface area (Å²) in [6.07, 6.45) is 0. The molecule has 0 aliphatic heterocycles. The SMILES string of the molecule is O=C(O)CN(CCO)CCN(CCN(CCN(CC(=O)O)CC(=O)O)CC(=O)O)CC(=O)O. The number of hydrogen-bond acceptors (Lipinski definition) is 10. The lowest BCUT2D eigenvalue weighted by Gasteiger charge is -2.29. The van der Waals surface area contributed by atoms with E-state index in [4.69, 9.17) is 30.6 Å². The van der Waals surface area contributed by atoms with Gasteiger partial charge >= 0.3 is 29.8 Å². The molecule has 0 amide bonds. The second kappa shape index (κ2) is 16.7. The highest BCUT2D eigenvalue weighted by molar-refractivity contribution is 5.72. The first kappa shape index (κ1) is 30.1. The molecule has 15 heteroatoms. The van der Waals surface area contributed by atoms with E-state index in [9.17, 15) is 24.0 Å². The molecular formula is C18H32N4O11. The summed E-state index contributed by atoms with van der Waals surface area (Å²) in [6, 6.07) is 0. The zero-order valence-corrected chi connectivity index (χ0v) is 18.2. The van der Waals surface area contributed by atoms with Crippen molar-refractivity contribution in [2.45, 2.75) is 0 Å². The third-order valence-corrected chi connectivity index (χ3v) is 4.41. The van der Waals surface area contributed by atoms with Crippen LogP contribution < -0.4 is 0 Å². The maximum Gasteiger partial charge on any atom is 0.317 e. The van der Waals surface area contributed by atoms with E-state index in [0.29, 0.717) is 0 Å². The zero-order chi connectivity index (χ0) is 25.4. The second-order valence-corrected chi connectivity index (χ2v) is 7.23. The van der Waals surface area contributed by atoms with Crippen molar-refractivity contribution >= 4 is 29.8 Å². The van der Waals surface area contributed by atoms with Gasteiger partial charge in [0, 0.05) is 45.8 Å². The van der Waals surface area contributed by atoms with Gasteiger partial charge in [-0.1, -0.05) is 0 Å². The smallest absolute Gasteiger partial charge is 0.317 e. The van der Waals surface area contributed by atoms with Crippen LogP contribution in [0.15, 0.2) is 0 Å². The van der Waals surface area contributed by atoms with Gasteiger partial charge in [-0.15, -0.1) is 0 Å². The topological polar surface area (TPSA) is 220 Å². The molecule has 0 atom stereocenters. The van der Waals surface area contributed by atoms with Gasteiger partial charge in [-0.05, 0) is 0 Å². The molecule has 0 rings (SSSR count). The molecule has 0 radical (unpaired) electrons. The first-order valence-corrected chi connectivity index (χ1v) is 10.0. The summed E-state index contributed by atoms with van der Waals surface area (Å²) in [5.74, 6) is -5.88. The summed E-state index contributed by atoms with van der Waals surface area (Å²) in [5, 5.41) is 54.1. The Kier molecular flexibility index (Phi) is 15.3. The lowest BCUT2D eigenvalue weighted by molar-refractivity contribution is -0.143. The van der Waals surface area contributed by atoms with Crippen LogP contribution in [0.1, 0.15) is 0 Å². The van der Waals surface area contributed by atoms with Crippen molar-refractivity contribution in [2.24, 2.45) is 0 Å². The average Bonchev–Trinajstić information content (AvgIpc) is 2.65. The summed E-state index contributed by atoms with van der Waals surface area (Å²) >= 11 is 0. The lowest BCUT2D eigenvalue weighted by atomic mass is 10.3. The Morgan fingerprint density at radius 2 is 0.606 bits per heavy atom. The minimum atomic E-state index is -1.23. The number of carboxylic acid groups (broad SMARTS) is 5. The molecule has 0 unspecified atom stereocenters. The normalized spacial score (nSPS) is 11.4. The molecule has 33 heavy (non-hydrogen) atoms. The summed E-state index contributed by atoms with van der Waals surface area (Å²) < 4.78 is 0. The number of aliphatic hydroxyl groups excluding tert-OH is 1. The van der Waals surface area contributed by atoms with Crippen LogP contribution in [0.25, 0.3) is 0 Å². The first-order chi connectivity index (χ1) is 15.4. The van der Waals surface area contributed by atoms with Crippen LogP contribution in [0.4, 0.5) is 0 Å². The number of carbonyl (C=O) groups is 5. The van der Waals surface area contributed by atoms with Crippen LogP contribution in [-0.4, -0.2) is 165 Å². The molecule has 0 aromatic carbocycles. The third kappa shape index (κ3) is 17.4. The van der Waals surface area contributed by atoms with Gasteiger partial charge in [-0.3, -0.25) is 43.6 Å². The van der Waals surface area contributed by atoms with Crippen molar-refractivity contribution in [1.82, 2.24) is 19.6 Å². The van der Waals surface area contributed by atoms with Crippen LogP contribution >= 0.6 is 0 Å². The highest BCUT2D eigenvalue weighted by atomic mass is 16.4. The Labute approximate surface area is 190 Å². The van der Waals surface area contributed by atoms with Gasteiger partial charge in [-0.25, -0.2) is 0 Å². The molecule has 0 aromatic rings. The third-order valence-electron chi connectivity index (χ3n) is 4.41. The Morgan fingerprint density at radius 1 is 0.394 bits per heavy atom. The maximum absolute atomic E-state index is 11.2. The monoisotopic (exact) mass is 480 g/mol.